The molecule has 1 aliphatic heterocycles. The largest absolute Gasteiger partial charge is 0.507 e. The molecule has 2 N–H and O–H groups in total. The van der Waals surface area contributed by atoms with E-state index in [0.29, 0.717) is 24.8 Å². The topological polar surface area (TPSA) is 75.6 Å². The average molecular weight is 371 g/mol. The minimum atomic E-state index is -0.854. The number of aliphatic hydroxyl groups excluding tert-OH is 1. The average Bonchev–Trinajstić information content (AvgIpc) is 2.90. The van der Waals surface area contributed by atoms with Gasteiger partial charge in [0, 0.05) is 12.3 Å². The molecule has 1 saturated carbocycles. The van der Waals surface area contributed by atoms with Crippen molar-refractivity contribution in [3.05, 3.63) is 47.2 Å². The summed E-state index contributed by atoms with van der Waals surface area (Å²) in [7, 11) is 0. The van der Waals surface area contributed by atoms with E-state index in [9.17, 15) is 14.7 Å². The summed E-state index contributed by atoms with van der Waals surface area (Å²) in [5.41, 5.74) is 0.364. The minimum Gasteiger partial charge on any atom is -0.507 e. The fourth-order valence-electron chi connectivity index (χ4n) is 4.28. The molecular formula is C22H29NO4. The first-order valence-corrected chi connectivity index (χ1v) is 10.00. The molecule has 3 rings (SSSR count). The Bertz CT molecular complexity index is 719. The standard InChI is InChI=1S/C22H29NO4/c1-3-10-17(24)23-19(16-11-6-4-7-12-16)15(2)18-20(25)22(27-21(18)26)13-8-5-9-14-22/h4,6-7,11-12,15,19,25H,3,5,8-10,13-14H2,1-2H3,(H,23,24)/t15-,19-/m1/s1. The van der Waals surface area contributed by atoms with Gasteiger partial charge in [-0.25, -0.2) is 4.79 Å². The highest BCUT2D eigenvalue weighted by molar-refractivity contribution is 5.93. The lowest BCUT2D eigenvalue weighted by Gasteiger charge is -2.31. The van der Waals surface area contributed by atoms with Crippen molar-refractivity contribution in [2.24, 2.45) is 5.92 Å². The van der Waals surface area contributed by atoms with Crippen LogP contribution in [0.4, 0.5) is 0 Å². The Morgan fingerprint density at radius 3 is 2.52 bits per heavy atom. The van der Waals surface area contributed by atoms with E-state index in [1.165, 1.54) is 0 Å². The van der Waals surface area contributed by atoms with Crippen LogP contribution in [-0.2, 0) is 14.3 Å². The quantitative estimate of drug-likeness (QED) is 0.729. The molecule has 1 amide bonds. The predicted octanol–water partition coefficient (Wildman–Crippen LogP) is 4.35. The number of benzene rings is 1. The van der Waals surface area contributed by atoms with Crippen molar-refractivity contribution in [1.29, 1.82) is 0 Å². The summed E-state index contributed by atoms with van der Waals surface area (Å²) in [6.07, 6.45) is 5.48. The first-order valence-electron chi connectivity index (χ1n) is 10.00. The van der Waals surface area contributed by atoms with Crippen LogP contribution in [0.15, 0.2) is 41.7 Å². The summed E-state index contributed by atoms with van der Waals surface area (Å²) in [5, 5.41) is 14.0. The van der Waals surface area contributed by atoms with Gasteiger partial charge in [-0.1, -0.05) is 50.6 Å². The molecule has 0 bridgehead atoms. The lowest BCUT2D eigenvalue weighted by Crippen LogP contribution is -2.34. The van der Waals surface area contributed by atoms with Crippen molar-refractivity contribution in [1.82, 2.24) is 5.32 Å². The Morgan fingerprint density at radius 2 is 1.89 bits per heavy atom. The van der Waals surface area contributed by atoms with Gasteiger partial charge in [0.2, 0.25) is 5.91 Å². The number of rotatable bonds is 6. The van der Waals surface area contributed by atoms with Gasteiger partial charge in [0.15, 0.2) is 5.60 Å². The maximum Gasteiger partial charge on any atom is 0.338 e. The third-order valence-corrected chi connectivity index (χ3v) is 5.76. The number of hydrogen-bond donors (Lipinski definition) is 2. The van der Waals surface area contributed by atoms with Crippen LogP contribution < -0.4 is 5.32 Å². The van der Waals surface area contributed by atoms with Gasteiger partial charge in [-0.3, -0.25) is 4.79 Å². The zero-order valence-electron chi connectivity index (χ0n) is 16.2. The first-order chi connectivity index (χ1) is 13.0. The summed E-state index contributed by atoms with van der Waals surface area (Å²) in [6, 6.07) is 9.20. The summed E-state index contributed by atoms with van der Waals surface area (Å²) in [4.78, 5) is 25.0. The highest BCUT2D eigenvalue weighted by Gasteiger charge is 2.50. The van der Waals surface area contributed by atoms with Gasteiger partial charge in [-0.15, -0.1) is 0 Å². The monoisotopic (exact) mass is 371 g/mol. The summed E-state index contributed by atoms with van der Waals surface area (Å²) < 4.78 is 5.70. The predicted molar refractivity (Wildman–Crippen MR) is 103 cm³/mol. The van der Waals surface area contributed by atoms with E-state index in [4.69, 9.17) is 4.74 Å². The molecule has 27 heavy (non-hydrogen) atoms. The van der Waals surface area contributed by atoms with Crippen molar-refractivity contribution >= 4 is 11.9 Å². The van der Waals surface area contributed by atoms with Crippen LogP contribution >= 0.6 is 0 Å². The molecule has 5 heteroatoms. The first kappa shape index (κ1) is 19.5. The summed E-state index contributed by atoms with van der Waals surface area (Å²) in [6.45, 7) is 3.83. The van der Waals surface area contributed by atoms with E-state index in [-0.39, 0.29) is 17.6 Å². The lowest BCUT2D eigenvalue weighted by molar-refractivity contribution is -0.151. The van der Waals surface area contributed by atoms with Crippen LogP contribution in [0.25, 0.3) is 0 Å². The zero-order chi connectivity index (χ0) is 19.4. The van der Waals surface area contributed by atoms with Gasteiger partial charge in [0.25, 0.3) is 0 Å². The van der Waals surface area contributed by atoms with E-state index in [1.54, 1.807) is 0 Å². The molecule has 1 aromatic carbocycles. The van der Waals surface area contributed by atoms with Crippen LogP contribution in [-0.4, -0.2) is 22.6 Å². The molecule has 5 nitrogen and oxygen atoms in total. The van der Waals surface area contributed by atoms with Gasteiger partial charge in [0.05, 0.1) is 11.6 Å². The second-order valence-corrected chi connectivity index (χ2v) is 7.70. The number of nitrogens with one attached hydrogen (secondary N) is 1. The molecule has 146 valence electrons. The van der Waals surface area contributed by atoms with Crippen LogP contribution in [0.1, 0.15) is 70.4 Å². The van der Waals surface area contributed by atoms with Gasteiger partial charge < -0.3 is 15.2 Å². The van der Waals surface area contributed by atoms with Gasteiger partial charge in [-0.2, -0.15) is 0 Å². The molecule has 0 radical (unpaired) electrons. The number of ether oxygens (including phenoxy) is 1. The number of amides is 1. The van der Waals surface area contributed by atoms with Crippen LogP contribution in [0.5, 0.6) is 0 Å². The molecule has 2 atom stereocenters. The molecule has 1 aromatic rings. The normalized spacial score (nSPS) is 21.0. The van der Waals surface area contributed by atoms with Crippen LogP contribution in [0, 0.1) is 5.92 Å². The Hall–Kier alpha value is -2.30. The third kappa shape index (κ3) is 3.87. The van der Waals surface area contributed by atoms with E-state index in [2.05, 4.69) is 5.32 Å². The van der Waals surface area contributed by atoms with Crippen LogP contribution in [0.2, 0.25) is 0 Å². The smallest absolute Gasteiger partial charge is 0.338 e. The highest BCUT2D eigenvalue weighted by atomic mass is 16.6. The number of carbonyl (C=O) groups is 2. The van der Waals surface area contributed by atoms with Crippen molar-refractivity contribution in [3.63, 3.8) is 0 Å². The zero-order valence-corrected chi connectivity index (χ0v) is 16.2. The summed E-state index contributed by atoms with van der Waals surface area (Å²) in [5.74, 6) is -0.822. The maximum atomic E-state index is 12.7. The molecule has 1 spiro atoms. The fourth-order valence-corrected chi connectivity index (χ4v) is 4.28. The SMILES string of the molecule is CCCC(=O)N[C@@H](c1ccccc1)[C@H](C)C1=C(O)C2(CCCCC2)OC1=O. The molecular weight excluding hydrogens is 342 g/mol. The fraction of sp³-hybridized carbons (Fsp3) is 0.545. The number of hydrogen-bond acceptors (Lipinski definition) is 4. The second kappa shape index (κ2) is 8.15. The lowest BCUT2D eigenvalue weighted by atomic mass is 9.80. The molecule has 1 fully saturated rings. The van der Waals surface area contributed by atoms with Crippen molar-refractivity contribution in [2.45, 2.75) is 70.4 Å². The Kier molecular flexibility index (Phi) is 5.88. The molecule has 1 heterocycles. The third-order valence-electron chi connectivity index (χ3n) is 5.76. The maximum absolute atomic E-state index is 12.7. The van der Waals surface area contributed by atoms with E-state index < -0.39 is 17.6 Å². The van der Waals surface area contributed by atoms with Gasteiger partial charge in [0.1, 0.15) is 5.76 Å². The van der Waals surface area contributed by atoms with Crippen molar-refractivity contribution in [2.75, 3.05) is 0 Å². The number of carbonyl (C=O) groups excluding carboxylic acids is 2. The molecule has 1 aliphatic carbocycles. The Balaban J connectivity index is 1.94. The van der Waals surface area contributed by atoms with E-state index in [1.807, 2.05) is 44.2 Å². The van der Waals surface area contributed by atoms with E-state index in [0.717, 1.165) is 31.2 Å². The van der Waals surface area contributed by atoms with Gasteiger partial charge >= 0.3 is 5.97 Å². The molecule has 2 aliphatic rings. The minimum absolute atomic E-state index is 0.0583. The second-order valence-electron chi connectivity index (χ2n) is 7.70. The van der Waals surface area contributed by atoms with E-state index >= 15 is 0 Å². The summed E-state index contributed by atoms with van der Waals surface area (Å²) >= 11 is 0. The Morgan fingerprint density at radius 1 is 1.22 bits per heavy atom. The Labute approximate surface area is 160 Å². The molecule has 0 saturated heterocycles. The van der Waals surface area contributed by atoms with Crippen molar-refractivity contribution < 1.29 is 19.4 Å². The number of esters is 1. The number of aliphatic hydroxyl groups is 1. The molecule has 0 unspecified atom stereocenters. The van der Waals surface area contributed by atoms with Crippen LogP contribution in [0.3, 0.4) is 0 Å². The van der Waals surface area contributed by atoms with Crippen molar-refractivity contribution in [3.8, 4) is 0 Å². The molecule has 0 aromatic heterocycles. The highest BCUT2D eigenvalue weighted by Crippen LogP contribution is 2.46. The van der Waals surface area contributed by atoms with Gasteiger partial charge in [-0.05, 0) is 37.7 Å².